The van der Waals surface area contributed by atoms with Crippen LogP contribution in [0.15, 0.2) is 36.5 Å². The zero-order valence-corrected chi connectivity index (χ0v) is 15.9. The van der Waals surface area contributed by atoms with E-state index < -0.39 is 9.84 Å². The molecule has 1 aliphatic heterocycles. The third kappa shape index (κ3) is 4.48. The maximum atomic E-state index is 12.6. The van der Waals surface area contributed by atoms with Gasteiger partial charge in [-0.25, -0.2) is 18.4 Å². The molecular weight excluding hydrogens is 368 g/mol. The minimum atomic E-state index is -3.08. The molecule has 0 radical (unpaired) electrons. The van der Waals surface area contributed by atoms with Gasteiger partial charge in [-0.15, -0.1) is 0 Å². The number of carbonyl (C=O) groups excluding carboxylic acids is 2. The highest BCUT2D eigenvalue weighted by molar-refractivity contribution is 7.91. The summed E-state index contributed by atoms with van der Waals surface area (Å²) in [5.41, 5.74) is 1.46. The molecule has 0 spiro atoms. The molecule has 9 heteroatoms. The smallest absolute Gasteiger partial charge is 0.272 e. The summed E-state index contributed by atoms with van der Waals surface area (Å²) >= 11 is 0. The van der Waals surface area contributed by atoms with Gasteiger partial charge in [0, 0.05) is 30.5 Å². The van der Waals surface area contributed by atoms with E-state index in [1.807, 2.05) is 0 Å². The van der Waals surface area contributed by atoms with Gasteiger partial charge in [-0.2, -0.15) is 0 Å². The number of anilines is 2. The van der Waals surface area contributed by atoms with Crippen molar-refractivity contribution in [3.8, 4) is 0 Å². The van der Waals surface area contributed by atoms with Gasteiger partial charge in [0.2, 0.25) is 5.95 Å². The van der Waals surface area contributed by atoms with Crippen LogP contribution in [-0.4, -0.2) is 59.6 Å². The second kappa shape index (κ2) is 7.43. The first-order valence-electron chi connectivity index (χ1n) is 8.44. The predicted octanol–water partition coefficient (Wildman–Crippen LogP) is 1.68. The lowest BCUT2D eigenvalue weighted by atomic mass is 10.1. The second-order valence-corrected chi connectivity index (χ2v) is 8.73. The van der Waals surface area contributed by atoms with Crippen LogP contribution in [0, 0.1) is 0 Å². The number of Topliss-reactive ketones (excluding diaryl/α,β-unsaturated/α-hetero) is 1. The minimum Gasteiger partial charge on any atom is -0.336 e. The lowest BCUT2D eigenvalue weighted by Gasteiger charge is -2.23. The van der Waals surface area contributed by atoms with Gasteiger partial charge in [0.1, 0.15) is 5.69 Å². The first kappa shape index (κ1) is 19.0. The molecule has 1 atom stereocenters. The fourth-order valence-corrected chi connectivity index (χ4v) is 4.66. The van der Waals surface area contributed by atoms with E-state index >= 15 is 0 Å². The number of sulfone groups is 1. The van der Waals surface area contributed by atoms with Crippen molar-refractivity contribution >= 4 is 33.2 Å². The zero-order valence-electron chi connectivity index (χ0n) is 15.0. The Balaban J connectivity index is 1.73. The molecule has 1 aromatic carbocycles. The zero-order chi connectivity index (χ0) is 19.6. The van der Waals surface area contributed by atoms with E-state index in [0.29, 0.717) is 17.7 Å². The fraction of sp³-hybridized carbons (Fsp3) is 0.333. The van der Waals surface area contributed by atoms with Crippen molar-refractivity contribution in [1.29, 1.82) is 0 Å². The van der Waals surface area contributed by atoms with E-state index in [2.05, 4.69) is 15.3 Å². The van der Waals surface area contributed by atoms with Crippen LogP contribution in [0.3, 0.4) is 0 Å². The van der Waals surface area contributed by atoms with E-state index in [4.69, 9.17) is 0 Å². The predicted molar refractivity (Wildman–Crippen MR) is 101 cm³/mol. The summed E-state index contributed by atoms with van der Waals surface area (Å²) in [5.74, 6) is -0.0588. The molecule has 8 nitrogen and oxygen atoms in total. The number of ketones is 1. The summed E-state index contributed by atoms with van der Waals surface area (Å²) in [6, 6.07) is 7.98. The Kier molecular flexibility index (Phi) is 5.22. The molecule has 142 valence electrons. The molecule has 1 saturated heterocycles. The quantitative estimate of drug-likeness (QED) is 0.776. The summed E-state index contributed by atoms with van der Waals surface area (Å²) in [6.07, 6.45) is 1.90. The van der Waals surface area contributed by atoms with Crippen LogP contribution < -0.4 is 5.32 Å². The van der Waals surface area contributed by atoms with Crippen molar-refractivity contribution in [2.75, 3.05) is 23.9 Å². The van der Waals surface area contributed by atoms with Crippen molar-refractivity contribution in [1.82, 2.24) is 14.9 Å². The molecular formula is C18H20N4O4S. The SMILES string of the molecule is CC(=O)c1ccc(Nc2nccc(C(=O)N(C)C3CCS(=O)(=O)C3)n2)cc1. The molecule has 1 aromatic heterocycles. The number of carbonyl (C=O) groups is 2. The molecule has 1 N–H and O–H groups in total. The molecule has 1 fully saturated rings. The molecule has 2 aromatic rings. The highest BCUT2D eigenvalue weighted by Gasteiger charge is 2.33. The van der Waals surface area contributed by atoms with Crippen molar-refractivity contribution in [3.05, 3.63) is 47.8 Å². The summed E-state index contributed by atoms with van der Waals surface area (Å²) < 4.78 is 23.3. The van der Waals surface area contributed by atoms with Gasteiger partial charge in [-0.3, -0.25) is 9.59 Å². The van der Waals surface area contributed by atoms with Crippen LogP contribution >= 0.6 is 0 Å². The minimum absolute atomic E-state index is 0.0199. The van der Waals surface area contributed by atoms with Gasteiger partial charge in [0.15, 0.2) is 15.6 Å². The summed E-state index contributed by atoms with van der Waals surface area (Å²) in [4.78, 5) is 33.7. The Labute approximate surface area is 157 Å². The number of amides is 1. The number of nitrogens with one attached hydrogen (secondary N) is 1. The maximum Gasteiger partial charge on any atom is 0.272 e. The van der Waals surface area contributed by atoms with Crippen LogP contribution in [0.2, 0.25) is 0 Å². The summed E-state index contributed by atoms with van der Waals surface area (Å²) in [5, 5.41) is 2.99. The lowest BCUT2D eigenvalue weighted by molar-refractivity contribution is 0.0741. The summed E-state index contributed by atoms with van der Waals surface area (Å²) in [7, 11) is -1.49. The van der Waals surface area contributed by atoms with Crippen LogP contribution in [0.1, 0.15) is 34.2 Å². The Morgan fingerprint density at radius 2 is 1.89 bits per heavy atom. The van der Waals surface area contributed by atoms with E-state index in [0.717, 1.165) is 0 Å². The maximum absolute atomic E-state index is 12.6. The van der Waals surface area contributed by atoms with Gasteiger partial charge >= 0.3 is 0 Å². The van der Waals surface area contributed by atoms with E-state index in [1.165, 1.54) is 24.1 Å². The topological polar surface area (TPSA) is 109 Å². The van der Waals surface area contributed by atoms with Crippen LogP contribution in [-0.2, 0) is 9.84 Å². The van der Waals surface area contributed by atoms with Crippen molar-refractivity contribution in [2.45, 2.75) is 19.4 Å². The molecule has 3 rings (SSSR count). The second-order valence-electron chi connectivity index (χ2n) is 6.50. The van der Waals surface area contributed by atoms with Crippen molar-refractivity contribution in [3.63, 3.8) is 0 Å². The monoisotopic (exact) mass is 388 g/mol. The largest absolute Gasteiger partial charge is 0.336 e. The Morgan fingerprint density at radius 1 is 1.19 bits per heavy atom. The first-order valence-corrected chi connectivity index (χ1v) is 10.3. The van der Waals surface area contributed by atoms with Gasteiger partial charge in [-0.1, -0.05) is 0 Å². The summed E-state index contributed by atoms with van der Waals surface area (Å²) in [6.45, 7) is 1.49. The van der Waals surface area contributed by atoms with E-state index in [-0.39, 0.29) is 40.9 Å². The molecule has 1 unspecified atom stereocenters. The third-order valence-electron chi connectivity index (χ3n) is 4.50. The fourth-order valence-electron chi connectivity index (χ4n) is 2.88. The average molecular weight is 388 g/mol. The number of hydrogen-bond acceptors (Lipinski definition) is 7. The third-order valence-corrected chi connectivity index (χ3v) is 6.25. The molecule has 0 bridgehead atoms. The number of rotatable bonds is 5. The normalized spacial score (nSPS) is 18.1. The van der Waals surface area contributed by atoms with Crippen molar-refractivity contribution < 1.29 is 18.0 Å². The molecule has 2 heterocycles. The van der Waals surface area contributed by atoms with Crippen LogP contribution in [0.5, 0.6) is 0 Å². The van der Waals surface area contributed by atoms with Crippen LogP contribution in [0.4, 0.5) is 11.6 Å². The molecule has 0 aliphatic carbocycles. The van der Waals surface area contributed by atoms with Crippen LogP contribution in [0.25, 0.3) is 0 Å². The highest BCUT2D eigenvalue weighted by Crippen LogP contribution is 2.19. The average Bonchev–Trinajstić information content (AvgIpc) is 3.01. The van der Waals surface area contributed by atoms with E-state index in [1.54, 1.807) is 31.3 Å². The van der Waals surface area contributed by atoms with Gasteiger partial charge < -0.3 is 10.2 Å². The first-order chi connectivity index (χ1) is 12.7. The Hall–Kier alpha value is -2.81. The molecule has 1 amide bonds. The molecule has 27 heavy (non-hydrogen) atoms. The Bertz CT molecular complexity index is 973. The number of hydrogen-bond donors (Lipinski definition) is 1. The molecule has 0 saturated carbocycles. The van der Waals surface area contributed by atoms with Gasteiger partial charge in [-0.05, 0) is 43.7 Å². The highest BCUT2D eigenvalue weighted by atomic mass is 32.2. The van der Waals surface area contributed by atoms with E-state index in [9.17, 15) is 18.0 Å². The number of benzene rings is 1. The number of aromatic nitrogens is 2. The molecule has 1 aliphatic rings. The number of nitrogens with zero attached hydrogens (tertiary/aromatic N) is 3. The standard InChI is InChI=1S/C18H20N4O4S/c1-12(23)13-3-5-14(6-4-13)20-18-19-9-7-16(21-18)17(24)22(2)15-8-10-27(25,26)11-15/h3-7,9,15H,8,10-11H2,1-2H3,(H,19,20,21). The Morgan fingerprint density at radius 3 is 2.48 bits per heavy atom. The van der Waals surface area contributed by atoms with Crippen molar-refractivity contribution in [2.24, 2.45) is 0 Å². The van der Waals surface area contributed by atoms with Gasteiger partial charge in [0.05, 0.1) is 11.5 Å². The van der Waals surface area contributed by atoms with Gasteiger partial charge in [0.25, 0.3) is 5.91 Å². The lowest BCUT2D eigenvalue weighted by Crippen LogP contribution is -2.38.